The van der Waals surface area contributed by atoms with Crippen LogP contribution in [-0.4, -0.2) is 24.9 Å². The minimum Gasteiger partial charge on any atom is -0.352 e. The molecule has 1 fully saturated rings. The third-order valence-corrected chi connectivity index (χ3v) is 3.41. The monoisotopic (exact) mass is 275 g/mol. The van der Waals surface area contributed by atoms with Crippen LogP contribution in [0, 0.1) is 5.92 Å². The number of hydrogen-bond donors (Lipinski definition) is 3. The molecule has 108 valence electrons. The van der Waals surface area contributed by atoms with Crippen molar-refractivity contribution in [2.75, 3.05) is 18.4 Å². The molecule has 1 atom stereocenters. The van der Waals surface area contributed by atoms with Crippen molar-refractivity contribution in [1.82, 2.24) is 10.6 Å². The van der Waals surface area contributed by atoms with E-state index in [1.54, 1.807) is 0 Å². The number of amides is 2. The van der Waals surface area contributed by atoms with E-state index in [1.807, 2.05) is 24.3 Å². The van der Waals surface area contributed by atoms with Gasteiger partial charge in [-0.25, -0.2) is 0 Å². The third kappa shape index (κ3) is 4.35. The van der Waals surface area contributed by atoms with Crippen LogP contribution in [-0.2, 0) is 16.1 Å². The fourth-order valence-electron chi connectivity index (χ4n) is 2.32. The van der Waals surface area contributed by atoms with E-state index in [-0.39, 0.29) is 17.7 Å². The highest BCUT2D eigenvalue weighted by atomic mass is 16.2. The Morgan fingerprint density at radius 1 is 1.30 bits per heavy atom. The summed E-state index contributed by atoms with van der Waals surface area (Å²) in [7, 11) is 0. The van der Waals surface area contributed by atoms with Crippen LogP contribution in [0.1, 0.15) is 25.3 Å². The molecule has 0 unspecified atom stereocenters. The van der Waals surface area contributed by atoms with E-state index in [0.29, 0.717) is 6.54 Å². The van der Waals surface area contributed by atoms with Crippen LogP contribution in [0.3, 0.4) is 0 Å². The third-order valence-electron chi connectivity index (χ3n) is 3.41. The number of carbonyl (C=O) groups excluding carboxylic acids is 2. The molecule has 0 spiro atoms. The summed E-state index contributed by atoms with van der Waals surface area (Å²) in [5.74, 6) is 0.112. The van der Waals surface area contributed by atoms with Crippen LogP contribution in [0.25, 0.3) is 0 Å². The summed E-state index contributed by atoms with van der Waals surface area (Å²) in [6, 6.07) is 7.49. The molecule has 0 radical (unpaired) electrons. The Balaban J connectivity index is 1.81. The lowest BCUT2D eigenvalue weighted by atomic mass is 9.99. The van der Waals surface area contributed by atoms with Gasteiger partial charge >= 0.3 is 0 Å². The Bertz CT molecular complexity index is 465. The Kier molecular flexibility index (Phi) is 5.12. The van der Waals surface area contributed by atoms with Gasteiger partial charge in [0, 0.05) is 25.7 Å². The number of carbonyl (C=O) groups is 2. The summed E-state index contributed by atoms with van der Waals surface area (Å²) < 4.78 is 0. The van der Waals surface area contributed by atoms with E-state index >= 15 is 0 Å². The molecule has 0 bridgehead atoms. The average molecular weight is 275 g/mol. The SMILES string of the molecule is CC(=O)Nc1ccc(CNC(=O)[C@@H]2CCCNC2)cc1. The van der Waals surface area contributed by atoms with Gasteiger partial charge in [0.05, 0.1) is 5.92 Å². The van der Waals surface area contributed by atoms with E-state index in [2.05, 4.69) is 16.0 Å². The zero-order chi connectivity index (χ0) is 14.4. The van der Waals surface area contributed by atoms with E-state index in [0.717, 1.165) is 37.2 Å². The molecule has 2 rings (SSSR count). The van der Waals surface area contributed by atoms with Gasteiger partial charge in [-0.3, -0.25) is 9.59 Å². The van der Waals surface area contributed by atoms with E-state index < -0.39 is 0 Å². The quantitative estimate of drug-likeness (QED) is 0.775. The number of rotatable bonds is 4. The standard InChI is InChI=1S/C15H21N3O2/c1-11(19)18-14-6-4-12(5-7-14)9-17-15(20)13-3-2-8-16-10-13/h4-7,13,16H,2-3,8-10H2,1H3,(H,17,20)(H,18,19)/t13-/m1/s1. The Morgan fingerprint density at radius 2 is 2.05 bits per heavy atom. The Hall–Kier alpha value is -1.88. The van der Waals surface area contributed by atoms with Crippen LogP contribution in [0.4, 0.5) is 5.69 Å². The maximum absolute atomic E-state index is 12.0. The molecule has 2 amide bonds. The molecule has 5 heteroatoms. The zero-order valence-electron chi connectivity index (χ0n) is 11.7. The topological polar surface area (TPSA) is 70.2 Å². The minimum atomic E-state index is -0.0872. The lowest BCUT2D eigenvalue weighted by Gasteiger charge is -2.21. The van der Waals surface area contributed by atoms with Crippen molar-refractivity contribution in [3.05, 3.63) is 29.8 Å². The van der Waals surface area contributed by atoms with Crippen LogP contribution >= 0.6 is 0 Å². The van der Waals surface area contributed by atoms with Crippen LogP contribution in [0.2, 0.25) is 0 Å². The molecular formula is C15H21N3O2. The van der Waals surface area contributed by atoms with Crippen LogP contribution in [0.5, 0.6) is 0 Å². The molecule has 0 aliphatic carbocycles. The van der Waals surface area contributed by atoms with Gasteiger partial charge in [-0.05, 0) is 37.1 Å². The maximum Gasteiger partial charge on any atom is 0.224 e. The van der Waals surface area contributed by atoms with Crippen molar-refractivity contribution < 1.29 is 9.59 Å². The molecule has 1 aliphatic rings. The van der Waals surface area contributed by atoms with Crippen LogP contribution in [0.15, 0.2) is 24.3 Å². The van der Waals surface area contributed by atoms with Gasteiger partial charge in [0.1, 0.15) is 0 Å². The van der Waals surface area contributed by atoms with Crippen molar-refractivity contribution in [2.24, 2.45) is 5.92 Å². The van der Waals surface area contributed by atoms with E-state index in [1.165, 1.54) is 6.92 Å². The summed E-state index contributed by atoms with van der Waals surface area (Å²) >= 11 is 0. The smallest absolute Gasteiger partial charge is 0.224 e. The number of hydrogen-bond acceptors (Lipinski definition) is 3. The fraction of sp³-hybridized carbons (Fsp3) is 0.467. The van der Waals surface area contributed by atoms with E-state index in [9.17, 15) is 9.59 Å². The molecule has 3 N–H and O–H groups in total. The second-order valence-electron chi connectivity index (χ2n) is 5.14. The van der Waals surface area contributed by atoms with Crippen molar-refractivity contribution in [3.63, 3.8) is 0 Å². The van der Waals surface area contributed by atoms with Crippen molar-refractivity contribution >= 4 is 17.5 Å². The highest BCUT2D eigenvalue weighted by Crippen LogP contribution is 2.12. The van der Waals surface area contributed by atoms with Gasteiger partial charge in [-0.1, -0.05) is 12.1 Å². The average Bonchev–Trinajstić information content (AvgIpc) is 2.46. The summed E-state index contributed by atoms with van der Waals surface area (Å²) in [6.45, 7) is 3.78. The van der Waals surface area contributed by atoms with Gasteiger partial charge in [0.25, 0.3) is 0 Å². The van der Waals surface area contributed by atoms with Gasteiger partial charge in [-0.15, -0.1) is 0 Å². The normalized spacial score (nSPS) is 18.4. The van der Waals surface area contributed by atoms with Crippen LogP contribution < -0.4 is 16.0 Å². The zero-order valence-corrected chi connectivity index (χ0v) is 11.7. The summed E-state index contributed by atoms with van der Waals surface area (Å²) in [4.78, 5) is 22.9. The molecule has 1 saturated heterocycles. The van der Waals surface area contributed by atoms with Crippen molar-refractivity contribution in [1.29, 1.82) is 0 Å². The number of benzene rings is 1. The molecule has 20 heavy (non-hydrogen) atoms. The molecule has 1 aromatic carbocycles. The van der Waals surface area contributed by atoms with E-state index in [4.69, 9.17) is 0 Å². The maximum atomic E-state index is 12.0. The number of piperidine rings is 1. The van der Waals surface area contributed by atoms with Gasteiger partial charge in [0.15, 0.2) is 0 Å². The number of anilines is 1. The first kappa shape index (κ1) is 14.5. The summed E-state index contributed by atoms with van der Waals surface area (Å²) in [5.41, 5.74) is 1.79. The predicted octanol–water partition coefficient (Wildman–Crippen LogP) is 1.26. The first-order valence-electron chi connectivity index (χ1n) is 7.00. The predicted molar refractivity (Wildman–Crippen MR) is 78.2 cm³/mol. The molecule has 0 saturated carbocycles. The molecule has 1 aliphatic heterocycles. The van der Waals surface area contributed by atoms with Gasteiger partial charge < -0.3 is 16.0 Å². The lowest BCUT2D eigenvalue weighted by Crippen LogP contribution is -2.40. The second-order valence-corrected chi connectivity index (χ2v) is 5.14. The molecular weight excluding hydrogens is 254 g/mol. The van der Waals surface area contributed by atoms with Gasteiger partial charge in [-0.2, -0.15) is 0 Å². The minimum absolute atomic E-state index is 0.0856. The van der Waals surface area contributed by atoms with Crippen molar-refractivity contribution in [3.8, 4) is 0 Å². The molecule has 5 nitrogen and oxygen atoms in total. The van der Waals surface area contributed by atoms with Gasteiger partial charge in [0.2, 0.25) is 11.8 Å². The first-order chi connectivity index (χ1) is 9.65. The number of nitrogens with one attached hydrogen (secondary N) is 3. The van der Waals surface area contributed by atoms with Crippen molar-refractivity contribution in [2.45, 2.75) is 26.3 Å². The second kappa shape index (κ2) is 7.05. The highest BCUT2D eigenvalue weighted by molar-refractivity contribution is 5.88. The Labute approximate surface area is 119 Å². The highest BCUT2D eigenvalue weighted by Gasteiger charge is 2.20. The summed E-state index contributed by atoms with van der Waals surface area (Å²) in [5, 5.41) is 8.92. The first-order valence-corrected chi connectivity index (χ1v) is 7.00. The largest absolute Gasteiger partial charge is 0.352 e. The Morgan fingerprint density at radius 3 is 2.65 bits per heavy atom. The lowest BCUT2D eigenvalue weighted by molar-refractivity contribution is -0.125. The molecule has 1 heterocycles. The molecule has 1 aromatic rings. The fourth-order valence-corrected chi connectivity index (χ4v) is 2.32. The molecule has 0 aromatic heterocycles. The summed E-state index contributed by atoms with van der Waals surface area (Å²) in [6.07, 6.45) is 2.02.